The highest BCUT2D eigenvalue weighted by Crippen LogP contribution is 2.24. The molecule has 0 amide bonds. The summed E-state index contributed by atoms with van der Waals surface area (Å²) in [6, 6.07) is 6.82. The lowest BCUT2D eigenvalue weighted by atomic mass is 10.1. The van der Waals surface area contributed by atoms with Gasteiger partial charge >= 0.3 is 5.97 Å². The Kier molecular flexibility index (Phi) is 4.02. The van der Waals surface area contributed by atoms with Crippen LogP contribution in [0.4, 0.5) is 5.69 Å². The first-order chi connectivity index (χ1) is 9.22. The number of nitrogen functional groups attached to an aromatic ring is 1. The maximum atomic E-state index is 12.0. The second-order valence-corrected chi connectivity index (χ2v) is 3.83. The van der Waals surface area contributed by atoms with Crippen molar-refractivity contribution in [2.75, 3.05) is 19.5 Å². The average Bonchev–Trinajstić information content (AvgIpc) is 2.91. The van der Waals surface area contributed by atoms with Gasteiger partial charge in [0.2, 0.25) is 0 Å². The number of methoxy groups -OCH3 is 1. The first-order valence-corrected chi connectivity index (χ1v) is 5.79. The lowest BCUT2D eigenvalue weighted by Gasteiger charge is -2.10. The Morgan fingerprint density at radius 1 is 1.42 bits per heavy atom. The third-order valence-electron chi connectivity index (χ3n) is 2.60. The van der Waals surface area contributed by atoms with E-state index in [1.165, 1.54) is 7.11 Å². The van der Waals surface area contributed by atoms with Crippen LogP contribution in [0.1, 0.15) is 10.4 Å². The average molecular weight is 261 g/mol. The standard InChI is InChI=1S/C13H15N3O3/c1-18-11-5-2-4-10(14)12(11)13(17)19-9-8-16-7-3-6-15-16/h2-7H,8-9,14H2,1H3. The molecule has 100 valence electrons. The first-order valence-electron chi connectivity index (χ1n) is 5.79. The van der Waals surface area contributed by atoms with Gasteiger partial charge in [-0.3, -0.25) is 4.68 Å². The van der Waals surface area contributed by atoms with Crippen LogP contribution >= 0.6 is 0 Å². The fraction of sp³-hybridized carbons (Fsp3) is 0.231. The molecule has 2 N–H and O–H groups in total. The molecule has 0 unspecified atom stereocenters. The first kappa shape index (κ1) is 12.9. The van der Waals surface area contributed by atoms with Gasteiger partial charge in [0.05, 0.1) is 13.7 Å². The molecular formula is C13H15N3O3. The zero-order valence-electron chi connectivity index (χ0n) is 10.6. The van der Waals surface area contributed by atoms with Crippen LogP contribution in [0.5, 0.6) is 5.75 Å². The molecule has 6 heteroatoms. The summed E-state index contributed by atoms with van der Waals surface area (Å²) in [5, 5.41) is 4.01. The van der Waals surface area contributed by atoms with Crippen molar-refractivity contribution in [1.29, 1.82) is 0 Å². The molecule has 0 fully saturated rings. The summed E-state index contributed by atoms with van der Waals surface area (Å²) < 4.78 is 11.9. The summed E-state index contributed by atoms with van der Waals surface area (Å²) in [5.41, 5.74) is 6.36. The van der Waals surface area contributed by atoms with E-state index >= 15 is 0 Å². The highest BCUT2D eigenvalue weighted by molar-refractivity contribution is 5.98. The number of benzene rings is 1. The molecule has 1 heterocycles. The van der Waals surface area contributed by atoms with Gasteiger partial charge in [0, 0.05) is 18.1 Å². The van der Waals surface area contributed by atoms with Crippen molar-refractivity contribution in [3.8, 4) is 5.75 Å². The smallest absolute Gasteiger partial charge is 0.344 e. The minimum atomic E-state index is -0.498. The number of carbonyl (C=O) groups is 1. The molecule has 0 aliphatic heterocycles. The van der Waals surface area contributed by atoms with Crippen LogP contribution in [0.2, 0.25) is 0 Å². The molecule has 0 saturated heterocycles. The predicted octanol–water partition coefficient (Wildman–Crippen LogP) is 1.33. The lowest BCUT2D eigenvalue weighted by molar-refractivity contribution is 0.0485. The van der Waals surface area contributed by atoms with Crippen LogP contribution in [0.25, 0.3) is 0 Å². The number of carbonyl (C=O) groups excluding carboxylic acids is 1. The Morgan fingerprint density at radius 3 is 2.95 bits per heavy atom. The zero-order chi connectivity index (χ0) is 13.7. The molecule has 0 saturated carbocycles. The molecule has 0 spiro atoms. The number of anilines is 1. The van der Waals surface area contributed by atoms with E-state index in [9.17, 15) is 4.79 Å². The van der Waals surface area contributed by atoms with E-state index in [0.29, 0.717) is 18.0 Å². The van der Waals surface area contributed by atoms with Gasteiger partial charge in [-0.1, -0.05) is 6.07 Å². The molecule has 2 aromatic rings. The van der Waals surface area contributed by atoms with Crippen molar-refractivity contribution in [2.45, 2.75) is 6.54 Å². The van der Waals surface area contributed by atoms with E-state index in [4.69, 9.17) is 15.2 Å². The second kappa shape index (κ2) is 5.90. The minimum Gasteiger partial charge on any atom is -0.496 e. The third-order valence-corrected chi connectivity index (χ3v) is 2.60. The Morgan fingerprint density at radius 2 is 2.26 bits per heavy atom. The molecule has 0 bridgehead atoms. The summed E-state index contributed by atoms with van der Waals surface area (Å²) >= 11 is 0. The normalized spacial score (nSPS) is 10.2. The van der Waals surface area contributed by atoms with E-state index in [2.05, 4.69) is 5.10 Å². The van der Waals surface area contributed by atoms with Gasteiger partial charge in [0.15, 0.2) is 0 Å². The summed E-state index contributed by atoms with van der Waals surface area (Å²) in [7, 11) is 1.48. The summed E-state index contributed by atoms with van der Waals surface area (Å²) in [4.78, 5) is 12.0. The van der Waals surface area contributed by atoms with Gasteiger partial charge in [-0.15, -0.1) is 0 Å². The van der Waals surface area contributed by atoms with Crippen molar-refractivity contribution in [2.24, 2.45) is 0 Å². The van der Waals surface area contributed by atoms with Gasteiger partial charge in [-0.2, -0.15) is 5.10 Å². The van der Waals surface area contributed by atoms with Gasteiger partial charge in [-0.05, 0) is 18.2 Å². The van der Waals surface area contributed by atoms with Crippen molar-refractivity contribution < 1.29 is 14.3 Å². The van der Waals surface area contributed by atoms with Crippen LogP contribution < -0.4 is 10.5 Å². The summed E-state index contributed by atoms with van der Waals surface area (Å²) in [6.45, 7) is 0.714. The number of hydrogen-bond acceptors (Lipinski definition) is 5. The Labute approximate surface area is 110 Å². The third kappa shape index (κ3) is 3.04. The molecule has 0 aliphatic rings. The van der Waals surface area contributed by atoms with E-state index in [1.54, 1.807) is 41.3 Å². The van der Waals surface area contributed by atoms with E-state index in [1.807, 2.05) is 0 Å². The Bertz CT molecular complexity index is 552. The molecule has 1 aromatic heterocycles. The topological polar surface area (TPSA) is 79.4 Å². The quantitative estimate of drug-likeness (QED) is 0.649. The largest absolute Gasteiger partial charge is 0.496 e. The summed E-state index contributed by atoms with van der Waals surface area (Å²) in [6.07, 6.45) is 3.46. The fourth-order valence-corrected chi connectivity index (χ4v) is 1.67. The maximum absolute atomic E-state index is 12.0. The monoisotopic (exact) mass is 261 g/mol. The number of esters is 1. The van der Waals surface area contributed by atoms with Gasteiger partial charge in [0.25, 0.3) is 0 Å². The van der Waals surface area contributed by atoms with Crippen molar-refractivity contribution in [1.82, 2.24) is 9.78 Å². The number of hydrogen-bond donors (Lipinski definition) is 1. The molecule has 2 rings (SSSR count). The highest BCUT2D eigenvalue weighted by Gasteiger charge is 2.16. The molecule has 0 radical (unpaired) electrons. The van der Waals surface area contributed by atoms with Crippen molar-refractivity contribution >= 4 is 11.7 Å². The number of nitrogens with zero attached hydrogens (tertiary/aromatic N) is 2. The zero-order valence-corrected chi connectivity index (χ0v) is 10.6. The Hall–Kier alpha value is -2.50. The van der Waals surface area contributed by atoms with E-state index in [0.717, 1.165) is 0 Å². The molecule has 19 heavy (non-hydrogen) atoms. The number of rotatable bonds is 5. The molecule has 0 aliphatic carbocycles. The predicted molar refractivity (Wildman–Crippen MR) is 69.9 cm³/mol. The molecular weight excluding hydrogens is 246 g/mol. The van der Waals surface area contributed by atoms with Crippen LogP contribution in [-0.4, -0.2) is 29.5 Å². The number of ether oxygens (including phenoxy) is 2. The Balaban J connectivity index is 2.00. The van der Waals surface area contributed by atoms with E-state index in [-0.39, 0.29) is 12.2 Å². The number of aromatic nitrogens is 2. The fourth-order valence-electron chi connectivity index (χ4n) is 1.67. The maximum Gasteiger partial charge on any atom is 0.344 e. The van der Waals surface area contributed by atoms with Crippen LogP contribution in [0.3, 0.4) is 0 Å². The molecule has 6 nitrogen and oxygen atoms in total. The van der Waals surface area contributed by atoms with Crippen molar-refractivity contribution in [3.05, 3.63) is 42.2 Å². The van der Waals surface area contributed by atoms with E-state index < -0.39 is 5.97 Å². The summed E-state index contributed by atoms with van der Waals surface area (Å²) in [5.74, 6) is -0.0915. The SMILES string of the molecule is COc1cccc(N)c1C(=O)OCCn1cccn1. The second-order valence-electron chi connectivity index (χ2n) is 3.83. The van der Waals surface area contributed by atoms with Gasteiger partial charge < -0.3 is 15.2 Å². The molecule has 1 aromatic carbocycles. The van der Waals surface area contributed by atoms with Crippen molar-refractivity contribution in [3.63, 3.8) is 0 Å². The van der Waals surface area contributed by atoms with Gasteiger partial charge in [-0.25, -0.2) is 4.79 Å². The lowest BCUT2D eigenvalue weighted by Crippen LogP contribution is -2.14. The highest BCUT2D eigenvalue weighted by atomic mass is 16.5. The van der Waals surface area contributed by atoms with Gasteiger partial charge in [0.1, 0.15) is 17.9 Å². The van der Waals surface area contributed by atoms with Crippen LogP contribution in [0.15, 0.2) is 36.7 Å². The van der Waals surface area contributed by atoms with Crippen LogP contribution in [-0.2, 0) is 11.3 Å². The minimum absolute atomic E-state index is 0.220. The molecule has 0 atom stereocenters. The number of nitrogens with two attached hydrogens (primary N) is 1. The van der Waals surface area contributed by atoms with Crippen LogP contribution in [0, 0.1) is 0 Å².